The van der Waals surface area contributed by atoms with Crippen molar-refractivity contribution < 1.29 is 5.21 Å². The van der Waals surface area contributed by atoms with Crippen LogP contribution in [-0.4, -0.2) is 24.5 Å². The van der Waals surface area contributed by atoms with E-state index in [0.29, 0.717) is 10.7 Å². The van der Waals surface area contributed by atoms with Crippen molar-refractivity contribution in [2.24, 2.45) is 5.16 Å². The van der Waals surface area contributed by atoms with Gasteiger partial charge in [0.05, 0.1) is 5.71 Å². The van der Waals surface area contributed by atoms with Gasteiger partial charge in [0.2, 0.25) is 0 Å². The highest BCUT2D eigenvalue weighted by Crippen LogP contribution is 2.34. The Bertz CT molecular complexity index is 740. The van der Waals surface area contributed by atoms with E-state index >= 15 is 0 Å². The average molecular weight is 315 g/mol. The SMILES string of the molecule is C/C(=N\O)c1ccc(Cl)c(-c2ccc3c(c2)CCCN3C)c1. The lowest BCUT2D eigenvalue weighted by atomic mass is 9.95. The highest BCUT2D eigenvalue weighted by atomic mass is 35.5. The molecule has 0 saturated heterocycles. The minimum atomic E-state index is 0.579. The van der Waals surface area contributed by atoms with Gasteiger partial charge in [-0.05, 0) is 60.7 Å². The van der Waals surface area contributed by atoms with Crippen LogP contribution in [0.1, 0.15) is 24.5 Å². The van der Waals surface area contributed by atoms with Crippen LogP contribution in [0.2, 0.25) is 5.02 Å². The molecule has 2 aromatic rings. The maximum absolute atomic E-state index is 8.96. The van der Waals surface area contributed by atoms with E-state index in [1.165, 1.54) is 17.7 Å². The quantitative estimate of drug-likeness (QED) is 0.500. The first-order chi connectivity index (χ1) is 10.6. The molecule has 0 atom stereocenters. The Morgan fingerprint density at radius 2 is 2.05 bits per heavy atom. The van der Waals surface area contributed by atoms with E-state index in [2.05, 4.69) is 35.3 Å². The Labute approximate surface area is 135 Å². The number of anilines is 1. The van der Waals surface area contributed by atoms with Gasteiger partial charge in [0.25, 0.3) is 0 Å². The van der Waals surface area contributed by atoms with Crippen molar-refractivity contribution in [2.45, 2.75) is 19.8 Å². The first kappa shape index (κ1) is 14.9. The third kappa shape index (κ3) is 2.69. The lowest BCUT2D eigenvalue weighted by Crippen LogP contribution is -2.24. The first-order valence-corrected chi connectivity index (χ1v) is 7.81. The molecule has 1 aliphatic rings. The summed E-state index contributed by atoms with van der Waals surface area (Å²) in [4.78, 5) is 2.29. The zero-order valence-corrected chi connectivity index (χ0v) is 13.6. The van der Waals surface area contributed by atoms with Gasteiger partial charge in [-0.25, -0.2) is 0 Å². The van der Waals surface area contributed by atoms with Gasteiger partial charge in [0.15, 0.2) is 0 Å². The first-order valence-electron chi connectivity index (χ1n) is 7.43. The zero-order chi connectivity index (χ0) is 15.7. The van der Waals surface area contributed by atoms with Crippen molar-refractivity contribution in [3.63, 3.8) is 0 Å². The van der Waals surface area contributed by atoms with E-state index in [1.807, 2.05) is 18.2 Å². The van der Waals surface area contributed by atoms with Crippen LogP contribution in [0.15, 0.2) is 41.6 Å². The van der Waals surface area contributed by atoms with Gasteiger partial charge in [0, 0.05) is 29.9 Å². The Morgan fingerprint density at radius 1 is 1.23 bits per heavy atom. The largest absolute Gasteiger partial charge is 0.411 e. The summed E-state index contributed by atoms with van der Waals surface area (Å²) in [6, 6.07) is 12.2. The number of oxime groups is 1. The summed E-state index contributed by atoms with van der Waals surface area (Å²) < 4.78 is 0. The molecule has 1 N–H and O–H groups in total. The topological polar surface area (TPSA) is 35.8 Å². The summed E-state index contributed by atoms with van der Waals surface area (Å²) >= 11 is 6.38. The molecule has 0 unspecified atom stereocenters. The van der Waals surface area contributed by atoms with Crippen LogP contribution in [0.3, 0.4) is 0 Å². The van der Waals surface area contributed by atoms with Crippen LogP contribution in [0.25, 0.3) is 11.1 Å². The van der Waals surface area contributed by atoms with Gasteiger partial charge < -0.3 is 10.1 Å². The van der Waals surface area contributed by atoms with Crippen LogP contribution in [0.4, 0.5) is 5.69 Å². The number of halogens is 1. The Morgan fingerprint density at radius 3 is 2.82 bits per heavy atom. The highest BCUT2D eigenvalue weighted by molar-refractivity contribution is 6.33. The molecule has 22 heavy (non-hydrogen) atoms. The molecular weight excluding hydrogens is 296 g/mol. The maximum atomic E-state index is 8.96. The molecule has 0 saturated carbocycles. The van der Waals surface area contributed by atoms with E-state index in [1.54, 1.807) is 6.92 Å². The fraction of sp³-hybridized carbons (Fsp3) is 0.278. The number of rotatable bonds is 2. The number of hydrogen-bond acceptors (Lipinski definition) is 3. The molecule has 4 heteroatoms. The smallest absolute Gasteiger partial charge is 0.0837 e. The van der Waals surface area contributed by atoms with Gasteiger partial charge in [-0.2, -0.15) is 0 Å². The fourth-order valence-corrected chi connectivity index (χ4v) is 3.21. The van der Waals surface area contributed by atoms with Crippen molar-refractivity contribution in [2.75, 3.05) is 18.5 Å². The number of aryl methyl sites for hydroxylation is 1. The number of hydrogen-bond donors (Lipinski definition) is 1. The zero-order valence-electron chi connectivity index (χ0n) is 12.8. The Kier molecular flexibility index (Phi) is 4.08. The number of benzene rings is 2. The van der Waals surface area contributed by atoms with Gasteiger partial charge in [-0.1, -0.05) is 28.9 Å². The van der Waals surface area contributed by atoms with Crippen LogP contribution in [-0.2, 0) is 6.42 Å². The molecule has 2 aromatic carbocycles. The predicted octanol–water partition coefficient (Wildman–Crippen LogP) is 4.59. The van der Waals surface area contributed by atoms with Crippen LogP contribution in [0.5, 0.6) is 0 Å². The Hall–Kier alpha value is -2.00. The summed E-state index contributed by atoms with van der Waals surface area (Å²) in [5, 5.41) is 12.9. The van der Waals surface area contributed by atoms with Crippen molar-refractivity contribution >= 4 is 23.0 Å². The van der Waals surface area contributed by atoms with Gasteiger partial charge in [-0.3, -0.25) is 0 Å². The summed E-state index contributed by atoms with van der Waals surface area (Å²) in [6.07, 6.45) is 2.28. The summed E-state index contributed by atoms with van der Waals surface area (Å²) in [5.74, 6) is 0. The Balaban J connectivity index is 2.08. The van der Waals surface area contributed by atoms with E-state index in [4.69, 9.17) is 16.8 Å². The second-order valence-electron chi connectivity index (χ2n) is 5.75. The van der Waals surface area contributed by atoms with E-state index < -0.39 is 0 Å². The minimum Gasteiger partial charge on any atom is -0.411 e. The minimum absolute atomic E-state index is 0.579. The molecule has 114 valence electrons. The third-order valence-electron chi connectivity index (χ3n) is 4.28. The van der Waals surface area contributed by atoms with E-state index in [9.17, 15) is 0 Å². The highest BCUT2D eigenvalue weighted by Gasteiger charge is 2.15. The van der Waals surface area contributed by atoms with Crippen molar-refractivity contribution in [3.8, 4) is 11.1 Å². The molecule has 0 bridgehead atoms. The third-order valence-corrected chi connectivity index (χ3v) is 4.61. The lowest BCUT2D eigenvalue weighted by Gasteiger charge is -2.28. The molecule has 1 aliphatic heterocycles. The molecule has 0 aliphatic carbocycles. The molecule has 0 amide bonds. The second kappa shape index (κ2) is 6.01. The van der Waals surface area contributed by atoms with Crippen molar-refractivity contribution in [1.82, 2.24) is 0 Å². The van der Waals surface area contributed by atoms with Gasteiger partial charge >= 0.3 is 0 Å². The normalized spacial score (nSPS) is 14.9. The van der Waals surface area contributed by atoms with Crippen LogP contribution < -0.4 is 4.90 Å². The van der Waals surface area contributed by atoms with Crippen LogP contribution >= 0.6 is 11.6 Å². The van der Waals surface area contributed by atoms with Gasteiger partial charge in [-0.15, -0.1) is 0 Å². The molecule has 0 radical (unpaired) electrons. The molecule has 3 rings (SSSR count). The van der Waals surface area contributed by atoms with Crippen molar-refractivity contribution in [1.29, 1.82) is 0 Å². The molecule has 0 fully saturated rings. The molecule has 3 nitrogen and oxygen atoms in total. The van der Waals surface area contributed by atoms with Crippen molar-refractivity contribution in [3.05, 3.63) is 52.5 Å². The summed E-state index contributed by atoms with van der Waals surface area (Å²) in [6.45, 7) is 2.88. The van der Waals surface area contributed by atoms with Gasteiger partial charge in [0.1, 0.15) is 0 Å². The molecular formula is C18H19ClN2O. The summed E-state index contributed by atoms with van der Waals surface area (Å²) in [7, 11) is 2.13. The van der Waals surface area contributed by atoms with E-state index in [-0.39, 0.29) is 0 Å². The molecule has 1 heterocycles. The standard InChI is InChI=1S/C18H19ClN2O/c1-12(20-22)13-5-7-17(19)16(11-13)14-6-8-18-15(10-14)4-3-9-21(18)2/h5-8,10-11,22H,3-4,9H2,1-2H3/b20-12+. The summed E-state index contributed by atoms with van der Waals surface area (Å²) in [5.41, 5.74) is 6.19. The monoisotopic (exact) mass is 314 g/mol. The average Bonchev–Trinajstić information content (AvgIpc) is 2.54. The molecule has 0 aromatic heterocycles. The second-order valence-corrected chi connectivity index (χ2v) is 6.16. The lowest BCUT2D eigenvalue weighted by molar-refractivity contribution is 0.319. The molecule has 0 spiro atoms. The fourth-order valence-electron chi connectivity index (χ4n) is 2.98. The van der Waals surface area contributed by atoms with Crippen LogP contribution in [0, 0.1) is 0 Å². The van der Waals surface area contributed by atoms with E-state index in [0.717, 1.165) is 29.7 Å². The number of nitrogens with zero attached hydrogens (tertiary/aromatic N) is 2. The number of fused-ring (bicyclic) bond motifs is 1. The maximum Gasteiger partial charge on any atom is 0.0837 e. The predicted molar refractivity (Wildman–Crippen MR) is 92.5 cm³/mol.